The van der Waals surface area contributed by atoms with Crippen LogP contribution in [0.3, 0.4) is 0 Å². The molecule has 0 spiro atoms. The number of halogens is 3. The molecule has 0 aliphatic heterocycles. The van der Waals surface area contributed by atoms with Gasteiger partial charge in [0.25, 0.3) is 0 Å². The number of methoxy groups -OCH3 is 2. The van der Waals surface area contributed by atoms with Crippen molar-refractivity contribution in [3.05, 3.63) is 48.0 Å². The SMILES string of the molecule is COC(=O)c1ccc(OS(=O)(=O)c2ccc(SC(F)(F)F)cc2)c(OC)c1. The molecule has 0 aliphatic rings. The maximum Gasteiger partial charge on any atom is 0.446 e. The first-order valence-corrected chi connectivity index (χ1v) is 9.35. The normalized spacial score (nSPS) is 11.7. The van der Waals surface area contributed by atoms with Crippen LogP contribution in [0.4, 0.5) is 13.2 Å². The van der Waals surface area contributed by atoms with Crippen LogP contribution in [0.1, 0.15) is 10.4 Å². The first-order valence-electron chi connectivity index (χ1n) is 7.12. The van der Waals surface area contributed by atoms with Crippen LogP contribution in [0.25, 0.3) is 0 Å². The molecule has 0 fully saturated rings. The topological polar surface area (TPSA) is 78.9 Å². The van der Waals surface area contributed by atoms with E-state index in [2.05, 4.69) is 4.74 Å². The van der Waals surface area contributed by atoms with Crippen molar-refractivity contribution in [1.82, 2.24) is 0 Å². The van der Waals surface area contributed by atoms with E-state index in [0.29, 0.717) is 0 Å². The Bertz CT molecular complexity index is 924. The van der Waals surface area contributed by atoms with Crippen molar-refractivity contribution in [3.8, 4) is 11.5 Å². The second kappa shape index (κ2) is 8.09. The molecule has 11 heteroatoms. The molecule has 6 nitrogen and oxygen atoms in total. The number of alkyl halides is 3. The number of thioether (sulfide) groups is 1. The number of benzene rings is 2. The zero-order valence-electron chi connectivity index (χ0n) is 13.9. The number of carbonyl (C=O) groups excluding carboxylic acids is 1. The third-order valence-electron chi connectivity index (χ3n) is 3.13. The van der Waals surface area contributed by atoms with Gasteiger partial charge in [-0.05, 0) is 54.2 Å². The fourth-order valence-corrected chi connectivity index (χ4v) is 3.43. The first kappa shape index (κ1) is 20.9. The van der Waals surface area contributed by atoms with Crippen LogP contribution in [-0.2, 0) is 14.9 Å². The van der Waals surface area contributed by atoms with Crippen molar-refractivity contribution in [3.63, 3.8) is 0 Å². The Morgan fingerprint density at radius 2 is 1.63 bits per heavy atom. The number of carbonyl (C=O) groups is 1. The quantitative estimate of drug-likeness (QED) is 0.397. The minimum Gasteiger partial charge on any atom is -0.493 e. The number of rotatable bonds is 6. The molecule has 0 aromatic heterocycles. The molecule has 0 bridgehead atoms. The van der Waals surface area contributed by atoms with Gasteiger partial charge in [-0.1, -0.05) is 0 Å². The summed E-state index contributed by atoms with van der Waals surface area (Å²) in [5, 5.41) is 0. The molecule has 0 atom stereocenters. The lowest BCUT2D eigenvalue weighted by molar-refractivity contribution is -0.0328. The molecule has 0 aliphatic carbocycles. The molecule has 0 unspecified atom stereocenters. The van der Waals surface area contributed by atoms with Crippen molar-refractivity contribution < 1.29 is 40.0 Å². The molecule has 0 N–H and O–H groups in total. The van der Waals surface area contributed by atoms with Gasteiger partial charge in [-0.25, -0.2) is 4.79 Å². The number of esters is 1. The van der Waals surface area contributed by atoms with Gasteiger partial charge in [0.2, 0.25) is 0 Å². The molecule has 0 saturated carbocycles. The van der Waals surface area contributed by atoms with Crippen molar-refractivity contribution >= 4 is 27.8 Å². The van der Waals surface area contributed by atoms with Gasteiger partial charge >= 0.3 is 21.6 Å². The highest BCUT2D eigenvalue weighted by molar-refractivity contribution is 8.00. The van der Waals surface area contributed by atoms with E-state index < -0.39 is 21.6 Å². The summed E-state index contributed by atoms with van der Waals surface area (Å²) in [5.41, 5.74) is -4.36. The minimum atomic E-state index is -4.48. The number of hydrogen-bond donors (Lipinski definition) is 0. The van der Waals surface area contributed by atoms with Gasteiger partial charge in [0.1, 0.15) is 4.90 Å². The smallest absolute Gasteiger partial charge is 0.446 e. The molecule has 2 rings (SSSR count). The van der Waals surface area contributed by atoms with Crippen LogP contribution in [0.5, 0.6) is 11.5 Å². The molecule has 27 heavy (non-hydrogen) atoms. The fraction of sp³-hybridized carbons (Fsp3) is 0.188. The van der Waals surface area contributed by atoms with Crippen molar-refractivity contribution in [2.45, 2.75) is 15.3 Å². The van der Waals surface area contributed by atoms with Crippen LogP contribution < -0.4 is 8.92 Å². The van der Waals surface area contributed by atoms with Gasteiger partial charge in [0, 0.05) is 4.90 Å². The Kier molecular flexibility index (Phi) is 6.26. The van der Waals surface area contributed by atoms with E-state index in [-0.39, 0.29) is 38.6 Å². The zero-order chi connectivity index (χ0) is 20.2. The van der Waals surface area contributed by atoms with Gasteiger partial charge in [-0.2, -0.15) is 21.6 Å². The predicted octanol–water partition coefficient (Wildman–Crippen LogP) is 3.86. The lowest BCUT2D eigenvalue weighted by Crippen LogP contribution is -2.11. The van der Waals surface area contributed by atoms with Gasteiger partial charge in [-0.15, -0.1) is 0 Å². The molecule has 0 amide bonds. The second-order valence-electron chi connectivity index (χ2n) is 4.91. The Labute approximate surface area is 157 Å². The minimum absolute atomic E-state index is 0.0364. The Morgan fingerprint density at radius 1 is 1.00 bits per heavy atom. The van der Waals surface area contributed by atoms with Crippen molar-refractivity contribution in [1.29, 1.82) is 0 Å². The van der Waals surface area contributed by atoms with Crippen LogP contribution in [-0.4, -0.2) is 34.1 Å². The maximum absolute atomic E-state index is 12.3. The average Bonchev–Trinajstić information content (AvgIpc) is 2.60. The summed E-state index contributed by atoms with van der Waals surface area (Å²) in [7, 11) is -1.90. The van der Waals surface area contributed by atoms with E-state index >= 15 is 0 Å². The molecule has 0 heterocycles. The van der Waals surface area contributed by atoms with Crippen LogP contribution in [0.2, 0.25) is 0 Å². The van der Waals surface area contributed by atoms with Gasteiger partial charge < -0.3 is 13.7 Å². The maximum atomic E-state index is 12.3. The Morgan fingerprint density at radius 3 is 2.15 bits per heavy atom. The largest absolute Gasteiger partial charge is 0.493 e. The Balaban J connectivity index is 2.26. The van der Waals surface area contributed by atoms with Crippen LogP contribution in [0.15, 0.2) is 52.3 Å². The number of ether oxygens (including phenoxy) is 2. The average molecular weight is 422 g/mol. The van der Waals surface area contributed by atoms with E-state index in [1.54, 1.807) is 0 Å². The summed E-state index contributed by atoms with van der Waals surface area (Å²) >= 11 is -0.363. The summed E-state index contributed by atoms with van der Waals surface area (Å²) in [6.45, 7) is 0. The Hall–Kier alpha value is -2.40. The summed E-state index contributed by atoms with van der Waals surface area (Å²) < 4.78 is 76.2. The van der Waals surface area contributed by atoms with Gasteiger partial charge in [0.15, 0.2) is 11.5 Å². The van der Waals surface area contributed by atoms with E-state index in [1.165, 1.54) is 32.4 Å². The predicted molar refractivity (Wildman–Crippen MR) is 90.5 cm³/mol. The van der Waals surface area contributed by atoms with Crippen LogP contribution >= 0.6 is 11.8 Å². The molecule has 2 aromatic carbocycles. The highest BCUT2D eigenvalue weighted by Gasteiger charge is 2.29. The highest BCUT2D eigenvalue weighted by atomic mass is 32.2. The third-order valence-corrected chi connectivity index (χ3v) is 5.12. The highest BCUT2D eigenvalue weighted by Crippen LogP contribution is 2.37. The first-order chi connectivity index (χ1) is 12.6. The van der Waals surface area contributed by atoms with Crippen LogP contribution in [0, 0.1) is 0 Å². The molecule has 0 radical (unpaired) electrons. The van der Waals surface area contributed by atoms with Crippen molar-refractivity contribution in [2.75, 3.05) is 14.2 Å². The van der Waals surface area contributed by atoms with E-state index in [4.69, 9.17) is 8.92 Å². The van der Waals surface area contributed by atoms with Crippen molar-refractivity contribution in [2.24, 2.45) is 0 Å². The molecular formula is C16H13F3O6S2. The second-order valence-corrected chi connectivity index (χ2v) is 7.60. The third kappa shape index (κ3) is 5.54. The van der Waals surface area contributed by atoms with E-state index in [0.717, 1.165) is 24.3 Å². The zero-order valence-corrected chi connectivity index (χ0v) is 15.6. The van der Waals surface area contributed by atoms with E-state index in [1.807, 2.05) is 0 Å². The standard InChI is InChI=1S/C16H13F3O6S2/c1-23-14-9-10(15(20)24-2)3-8-13(14)25-27(21,22)12-6-4-11(5-7-12)26-16(17,18)19/h3-9H,1-2H3. The lowest BCUT2D eigenvalue weighted by atomic mass is 10.2. The van der Waals surface area contributed by atoms with Gasteiger partial charge in [0.05, 0.1) is 19.8 Å². The summed E-state index contributed by atoms with van der Waals surface area (Å²) in [6, 6.07) is 7.76. The molecule has 2 aromatic rings. The lowest BCUT2D eigenvalue weighted by Gasteiger charge is -2.12. The molecule has 0 saturated heterocycles. The summed E-state index contributed by atoms with van der Waals surface area (Å²) in [4.78, 5) is 11.0. The summed E-state index contributed by atoms with van der Waals surface area (Å²) in [5.74, 6) is -0.884. The fourth-order valence-electron chi connectivity index (χ4n) is 1.96. The number of hydrogen-bond acceptors (Lipinski definition) is 7. The van der Waals surface area contributed by atoms with Gasteiger partial charge in [-0.3, -0.25) is 0 Å². The van der Waals surface area contributed by atoms with E-state index in [9.17, 15) is 26.4 Å². The summed E-state index contributed by atoms with van der Waals surface area (Å²) in [6.07, 6.45) is 0. The monoisotopic (exact) mass is 422 g/mol. The molecular weight excluding hydrogens is 409 g/mol. The molecule has 146 valence electrons.